The highest BCUT2D eigenvalue weighted by Crippen LogP contribution is 2.30. The van der Waals surface area contributed by atoms with Crippen molar-refractivity contribution in [2.24, 2.45) is 0 Å². The van der Waals surface area contributed by atoms with Gasteiger partial charge in [0.2, 0.25) is 5.71 Å². The summed E-state index contributed by atoms with van der Waals surface area (Å²) in [7, 11) is 0. The lowest BCUT2D eigenvalue weighted by Crippen LogP contribution is -2.10. The predicted molar refractivity (Wildman–Crippen MR) is 110 cm³/mol. The molecule has 0 radical (unpaired) electrons. The molecule has 2 aromatic heterocycles. The fourth-order valence-electron chi connectivity index (χ4n) is 2.98. The molecular weight excluding hydrogens is 424 g/mol. The highest BCUT2D eigenvalue weighted by atomic mass is 16.6. The molecular formula is C20H20N4O8. The third-order valence-electron chi connectivity index (χ3n) is 4.31. The number of carbonyl (C=O) groups is 2. The van der Waals surface area contributed by atoms with Gasteiger partial charge in [-0.05, 0) is 32.9 Å². The number of hydrogen-bond donors (Lipinski definition) is 1. The zero-order chi connectivity index (χ0) is 23.4. The first-order valence-corrected chi connectivity index (χ1v) is 9.57. The van der Waals surface area contributed by atoms with E-state index in [2.05, 4.69) is 9.97 Å². The van der Waals surface area contributed by atoms with Crippen molar-refractivity contribution in [3.8, 4) is 5.75 Å². The molecule has 168 valence electrons. The summed E-state index contributed by atoms with van der Waals surface area (Å²) in [5.41, 5.74) is 5.74. The molecule has 0 aliphatic heterocycles. The first-order valence-electron chi connectivity index (χ1n) is 9.57. The van der Waals surface area contributed by atoms with Crippen LogP contribution in [-0.2, 0) is 16.1 Å². The van der Waals surface area contributed by atoms with Gasteiger partial charge in [0.1, 0.15) is 17.1 Å². The minimum atomic E-state index is -0.832. The number of aryl methyl sites for hydroxylation is 1. The normalized spacial score (nSPS) is 10.7. The van der Waals surface area contributed by atoms with E-state index in [0.717, 1.165) is 6.07 Å². The van der Waals surface area contributed by atoms with Gasteiger partial charge in [-0.1, -0.05) is 0 Å². The maximum atomic E-state index is 12.4. The number of benzene rings is 1. The molecule has 0 bridgehead atoms. The van der Waals surface area contributed by atoms with Crippen molar-refractivity contribution in [3.05, 3.63) is 51.0 Å². The molecule has 0 saturated heterocycles. The van der Waals surface area contributed by atoms with Gasteiger partial charge in [0.05, 0.1) is 29.1 Å². The number of carbonyl (C=O) groups excluding carboxylic acids is 2. The van der Waals surface area contributed by atoms with Crippen molar-refractivity contribution in [1.29, 1.82) is 0 Å². The summed E-state index contributed by atoms with van der Waals surface area (Å²) in [4.78, 5) is 43.3. The second-order valence-corrected chi connectivity index (χ2v) is 6.41. The molecule has 0 spiro atoms. The van der Waals surface area contributed by atoms with Gasteiger partial charge in [0.15, 0.2) is 18.2 Å². The number of hydrogen-bond acceptors (Lipinski definition) is 11. The van der Waals surface area contributed by atoms with Gasteiger partial charge in [-0.15, -0.1) is 0 Å². The van der Waals surface area contributed by atoms with Crippen molar-refractivity contribution in [2.45, 2.75) is 27.4 Å². The van der Waals surface area contributed by atoms with E-state index in [1.165, 1.54) is 12.1 Å². The lowest BCUT2D eigenvalue weighted by atomic mass is 10.2. The fraction of sp³-hybridized carbons (Fsp3) is 0.300. The van der Waals surface area contributed by atoms with Crippen LogP contribution < -0.4 is 10.5 Å². The van der Waals surface area contributed by atoms with E-state index in [1.54, 1.807) is 20.8 Å². The molecule has 0 aliphatic rings. The minimum absolute atomic E-state index is 0.0212. The third-order valence-corrected chi connectivity index (χ3v) is 4.31. The Balaban J connectivity index is 1.82. The Hall–Kier alpha value is -4.22. The molecule has 3 aromatic rings. The number of aromatic nitrogens is 2. The molecule has 12 heteroatoms. The average Bonchev–Trinajstić information content (AvgIpc) is 3.09. The van der Waals surface area contributed by atoms with Gasteiger partial charge in [-0.2, -0.15) is 4.98 Å². The molecule has 2 heterocycles. The van der Waals surface area contributed by atoms with E-state index in [-0.39, 0.29) is 70.9 Å². The highest BCUT2D eigenvalue weighted by Gasteiger charge is 2.24. The molecule has 0 unspecified atom stereocenters. The van der Waals surface area contributed by atoms with Gasteiger partial charge in [0.25, 0.3) is 0 Å². The summed E-state index contributed by atoms with van der Waals surface area (Å²) < 4.78 is 20.8. The van der Waals surface area contributed by atoms with Crippen molar-refractivity contribution < 1.29 is 33.1 Å². The van der Waals surface area contributed by atoms with Gasteiger partial charge in [0, 0.05) is 6.07 Å². The Morgan fingerprint density at radius 1 is 1.16 bits per heavy atom. The molecule has 12 nitrogen and oxygen atoms in total. The SMILES string of the molecule is CCOC(=O)c1c(C)oc2nc(COC(=O)c3ccc(OCC)c([N+](=O)[O-])c3)nc(N)c12. The standard InChI is InChI=1S/C20H20N4O8/c1-4-29-13-7-6-11(8-12(13)24(27)28)19(25)31-9-14-22-17(21)16-15(20(26)30-5-2)10(3)32-18(16)23-14/h6-8H,4-5,9H2,1-3H3,(H2,21,22,23). The second kappa shape index (κ2) is 9.29. The lowest BCUT2D eigenvalue weighted by Gasteiger charge is -2.07. The molecule has 0 atom stereocenters. The van der Waals surface area contributed by atoms with Crippen LogP contribution in [0, 0.1) is 17.0 Å². The van der Waals surface area contributed by atoms with Gasteiger partial charge in [-0.3, -0.25) is 10.1 Å². The van der Waals surface area contributed by atoms with Gasteiger partial charge >= 0.3 is 17.6 Å². The van der Waals surface area contributed by atoms with E-state index in [4.69, 9.17) is 24.4 Å². The van der Waals surface area contributed by atoms with Crippen LogP contribution in [0.15, 0.2) is 22.6 Å². The number of furan rings is 1. The van der Waals surface area contributed by atoms with Crippen LogP contribution in [0.5, 0.6) is 5.75 Å². The van der Waals surface area contributed by atoms with Crippen molar-refractivity contribution in [2.75, 3.05) is 18.9 Å². The average molecular weight is 444 g/mol. The van der Waals surface area contributed by atoms with Gasteiger partial charge < -0.3 is 24.4 Å². The molecule has 0 fully saturated rings. The van der Waals surface area contributed by atoms with Crippen molar-refractivity contribution in [1.82, 2.24) is 9.97 Å². The molecule has 0 amide bonds. The number of nitrogen functional groups attached to an aromatic ring is 1. The van der Waals surface area contributed by atoms with E-state index in [0.29, 0.717) is 0 Å². The lowest BCUT2D eigenvalue weighted by molar-refractivity contribution is -0.385. The summed E-state index contributed by atoms with van der Waals surface area (Å²) >= 11 is 0. The quantitative estimate of drug-likeness (QED) is 0.308. The highest BCUT2D eigenvalue weighted by molar-refractivity contribution is 6.07. The maximum Gasteiger partial charge on any atom is 0.342 e. The number of anilines is 1. The Bertz CT molecular complexity index is 1200. The Morgan fingerprint density at radius 2 is 1.91 bits per heavy atom. The van der Waals surface area contributed by atoms with Crippen LogP contribution >= 0.6 is 0 Å². The van der Waals surface area contributed by atoms with Crippen molar-refractivity contribution >= 4 is 34.5 Å². The molecule has 1 aromatic carbocycles. The Kier molecular flexibility index (Phi) is 6.52. The first-order chi connectivity index (χ1) is 15.3. The maximum absolute atomic E-state index is 12.4. The van der Waals surface area contributed by atoms with Crippen molar-refractivity contribution in [3.63, 3.8) is 0 Å². The van der Waals surface area contributed by atoms with E-state index >= 15 is 0 Å². The zero-order valence-corrected chi connectivity index (χ0v) is 17.5. The van der Waals surface area contributed by atoms with Crippen LogP contribution in [0.25, 0.3) is 11.1 Å². The number of rotatable bonds is 8. The van der Waals surface area contributed by atoms with Gasteiger partial charge in [-0.25, -0.2) is 14.6 Å². The number of esters is 2. The number of nitro benzene ring substituents is 1. The second-order valence-electron chi connectivity index (χ2n) is 6.41. The summed E-state index contributed by atoms with van der Waals surface area (Å²) in [6, 6.07) is 3.73. The Labute approximate surface area is 181 Å². The van der Waals surface area contributed by atoms with E-state index in [1.807, 2.05) is 0 Å². The van der Waals surface area contributed by atoms with Crippen LogP contribution in [0.3, 0.4) is 0 Å². The van der Waals surface area contributed by atoms with Crippen LogP contribution in [0.4, 0.5) is 11.5 Å². The molecule has 2 N–H and O–H groups in total. The third kappa shape index (κ3) is 4.43. The molecule has 0 saturated carbocycles. The summed E-state index contributed by atoms with van der Waals surface area (Å²) in [6.45, 7) is 4.94. The first kappa shape index (κ1) is 22.5. The van der Waals surface area contributed by atoms with Crippen LogP contribution in [0.1, 0.15) is 46.1 Å². The topological polar surface area (TPSA) is 170 Å². The smallest absolute Gasteiger partial charge is 0.342 e. The number of ether oxygens (including phenoxy) is 3. The van der Waals surface area contributed by atoms with E-state index < -0.39 is 16.9 Å². The minimum Gasteiger partial charge on any atom is -0.487 e. The summed E-state index contributed by atoms with van der Waals surface area (Å²) in [5.74, 6) is -1.17. The van der Waals surface area contributed by atoms with Crippen LogP contribution in [-0.4, -0.2) is 40.0 Å². The fourth-order valence-corrected chi connectivity index (χ4v) is 2.98. The molecule has 0 aliphatic carbocycles. The number of nitrogens with two attached hydrogens (primary N) is 1. The number of fused-ring (bicyclic) bond motifs is 1. The number of nitro groups is 1. The zero-order valence-electron chi connectivity index (χ0n) is 17.5. The summed E-state index contributed by atoms with van der Waals surface area (Å²) in [6.07, 6.45) is 0. The molecule has 32 heavy (non-hydrogen) atoms. The predicted octanol–water partition coefficient (Wildman–Crippen LogP) is 2.95. The Morgan fingerprint density at radius 3 is 2.56 bits per heavy atom. The molecule has 3 rings (SSSR count). The van der Waals surface area contributed by atoms with Crippen LogP contribution in [0.2, 0.25) is 0 Å². The summed E-state index contributed by atoms with van der Waals surface area (Å²) in [5, 5.41) is 11.4. The monoisotopic (exact) mass is 444 g/mol. The number of nitrogens with zero attached hydrogens (tertiary/aromatic N) is 3. The largest absolute Gasteiger partial charge is 0.487 e. The van der Waals surface area contributed by atoms with E-state index in [9.17, 15) is 19.7 Å².